The monoisotopic (exact) mass is 431 g/mol. The van der Waals surface area contributed by atoms with Crippen LogP contribution in [0.1, 0.15) is 22.3 Å². The Morgan fingerprint density at radius 1 is 0.500 bits per heavy atom. The Morgan fingerprint density at radius 2 is 0.971 bits per heavy atom. The van der Waals surface area contributed by atoms with Crippen molar-refractivity contribution in [3.05, 3.63) is 131 Å². The van der Waals surface area contributed by atoms with Gasteiger partial charge >= 0.3 is 0 Å². The summed E-state index contributed by atoms with van der Waals surface area (Å²) in [7, 11) is 0. The molecule has 2 aliphatic heterocycles. The van der Waals surface area contributed by atoms with Gasteiger partial charge in [0.1, 0.15) is 0 Å². The molecule has 0 saturated heterocycles. The van der Waals surface area contributed by atoms with Gasteiger partial charge in [-0.1, -0.05) is 101 Å². The molecule has 34 heavy (non-hydrogen) atoms. The van der Waals surface area contributed by atoms with E-state index in [9.17, 15) is 0 Å². The first kappa shape index (κ1) is 18.4. The maximum absolute atomic E-state index is 2.47. The molecule has 3 heterocycles. The molecule has 2 aliphatic rings. The van der Waals surface area contributed by atoms with E-state index in [0.717, 1.165) is 12.8 Å². The number of fused-ring (bicyclic) bond motifs is 7. The van der Waals surface area contributed by atoms with Crippen LogP contribution in [-0.4, -0.2) is 11.3 Å². The van der Waals surface area contributed by atoms with Crippen LogP contribution in [0.3, 0.4) is 0 Å². The number of para-hydroxylation sites is 2. The Labute approximate surface area is 199 Å². The fourth-order valence-electron chi connectivity index (χ4n) is 6.60. The molecule has 0 amide bonds. The van der Waals surface area contributed by atoms with Gasteiger partial charge in [0.05, 0.1) is 11.0 Å². The summed E-state index contributed by atoms with van der Waals surface area (Å²) in [5, 5.41) is 2.64. The van der Waals surface area contributed by atoms with Crippen LogP contribution in [0.25, 0.3) is 27.5 Å². The SMILES string of the molecule is c1ccc2c(c1)Cc1cc(-n3c4ccccc4c4ccccc43)cc3c1B2c1ccccc1C3. The van der Waals surface area contributed by atoms with Crippen molar-refractivity contribution < 1.29 is 0 Å². The molecule has 0 unspecified atom stereocenters. The van der Waals surface area contributed by atoms with Gasteiger partial charge in [0.2, 0.25) is 6.71 Å². The van der Waals surface area contributed by atoms with E-state index < -0.39 is 0 Å². The molecule has 0 radical (unpaired) electrons. The first-order valence-corrected chi connectivity index (χ1v) is 12.2. The maximum Gasteiger partial charge on any atom is 0.242 e. The summed E-state index contributed by atoms with van der Waals surface area (Å²) in [6.07, 6.45) is 2.00. The third kappa shape index (κ3) is 2.40. The minimum Gasteiger partial charge on any atom is -0.309 e. The predicted molar refractivity (Wildman–Crippen MR) is 144 cm³/mol. The third-order valence-corrected chi connectivity index (χ3v) is 7.96. The second-order valence-electron chi connectivity index (χ2n) is 9.73. The van der Waals surface area contributed by atoms with Crippen LogP contribution < -0.4 is 16.4 Å². The number of hydrogen-bond acceptors (Lipinski definition) is 0. The summed E-state index contributed by atoms with van der Waals surface area (Å²) in [5.74, 6) is 0. The molecule has 5 aromatic carbocycles. The topological polar surface area (TPSA) is 4.93 Å². The average Bonchev–Trinajstić information content (AvgIpc) is 3.23. The molecule has 8 rings (SSSR count). The van der Waals surface area contributed by atoms with Gasteiger partial charge in [-0.3, -0.25) is 0 Å². The van der Waals surface area contributed by atoms with Crippen molar-refractivity contribution in [1.82, 2.24) is 4.57 Å². The fraction of sp³-hybridized carbons (Fsp3) is 0.0625. The van der Waals surface area contributed by atoms with Crippen LogP contribution in [0.5, 0.6) is 0 Å². The van der Waals surface area contributed by atoms with Crippen molar-refractivity contribution in [3.8, 4) is 5.69 Å². The lowest BCUT2D eigenvalue weighted by atomic mass is 9.30. The molecule has 2 heteroatoms. The second kappa shape index (κ2) is 6.74. The Morgan fingerprint density at radius 3 is 1.53 bits per heavy atom. The van der Waals surface area contributed by atoms with Gasteiger partial charge in [-0.2, -0.15) is 0 Å². The largest absolute Gasteiger partial charge is 0.309 e. The lowest BCUT2D eigenvalue weighted by molar-refractivity contribution is 1.10. The Bertz CT molecular complexity index is 1650. The van der Waals surface area contributed by atoms with Gasteiger partial charge in [0, 0.05) is 16.5 Å². The molecular formula is C32H22BN. The predicted octanol–water partition coefficient (Wildman–Crippen LogP) is 5.11. The minimum atomic E-state index is 0.340. The van der Waals surface area contributed by atoms with E-state index in [-0.39, 0.29) is 0 Å². The number of rotatable bonds is 1. The van der Waals surface area contributed by atoms with E-state index in [1.165, 1.54) is 60.7 Å². The molecule has 0 bridgehead atoms. The zero-order valence-electron chi connectivity index (χ0n) is 18.8. The molecule has 1 aromatic heterocycles. The maximum atomic E-state index is 2.47. The highest BCUT2D eigenvalue weighted by Gasteiger charge is 2.36. The van der Waals surface area contributed by atoms with E-state index in [1.54, 1.807) is 5.46 Å². The number of aromatic nitrogens is 1. The van der Waals surface area contributed by atoms with E-state index >= 15 is 0 Å². The summed E-state index contributed by atoms with van der Waals surface area (Å²) in [6.45, 7) is 0.340. The van der Waals surface area contributed by atoms with Crippen LogP contribution >= 0.6 is 0 Å². The lowest BCUT2D eigenvalue weighted by Crippen LogP contribution is -2.61. The zero-order chi connectivity index (χ0) is 22.2. The first-order chi connectivity index (χ1) is 16.9. The van der Waals surface area contributed by atoms with Crippen molar-refractivity contribution in [2.75, 3.05) is 0 Å². The van der Waals surface area contributed by atoms with Crippen molar-refractivity contribution in [3.63, 3.8) is 0 Å². The lowest BCUT2D eigenvalue weighted by Gasteiger charge is -2.34. The standard InChI is InChI=1S/C32H22BN/c1-5-13-28-21(9-1)17-23-19-25(20-24-18-22-10-2-6-14-29(22)33(28)32(23)24)34-30-15-7-3-11-26(30)27-12-4-8-16-31(27)34/h1-16,19-20H,17-18H2. The summed E-state index contributed by atoms with van der Waals surface area (Å²) >= 11 is 0. The normalized spacial score (nSPS) is 13.6. The van der Waals surface area contributed by atoms with Gasteiger partial charge in [-0.05, 0) is 59.4 Å². The van der Waals surface area contributed by atoms with Gasteiger partial charge < -0.3 is 4.57 Å². The summed E-state index contributed by atoms with van der Waals surface area (Å²) in [5.41, 5.74) is 14.2. The Balaban J connectivity index is 1.45. The van der Waals surface area contributed by atoms with Crippen molar-refractivity contribution in [2.24, 2.45) is 0 Å². The molecule has 0 N–H and O–H groups in total. The summed E-state index contributed by atoms with van der Waals surface area (Å²) in [6, 6.07) is 40.7. The Kier molecular flexibility index (Phi) is 3.65. The van der Waals surface area contributed by atoms with Crippen LogP contribution in [0.2, 0.25) is 0 Å². The van der Waals surface area contributed by atoms with Crippen LogP contribution in [0.15, 0.2) is 109 Å². The van der Waals surface area contributed by atoms with E-state index in [0.29, 0.717) is 6.71 Å². The van der Waals surface area contributed by atoms with Crippen molar-refractivity contribution in [2.45, 2.75) is 12.8 Å². The molecular weight excluding hydrogens is 409 g/mol. The van der Waals surface area contributed by atoms with E-state index in [4.69, 9.17) is 0 Å². The van der Waals surface area contributed by atoms with Crippen molar-refractivity contribution in [1.29, 1.82) is 0 Å². The van der Waals surface area contributed by atoms with Crippen LogP contribution in [0.4, 0.5) is 0 Å². The van der Waals surface area contributed by atoms with Gasteiger partial charge in [-0.25, -0.2) is 0 Å². The van der Waals surface area contributed by atoms with Crippen LogP contribution in [0, 0.1) is 0 Å². The summed E-state index contributed by atoms with van der Waals surface area (Å²) in [4.78, 5) is 0. The minimum absolute atomic E-state index is 0.340. The highest BCUT2D eigenvalue weighted by Crippen LogP contribution is 2.33. The van der Waals surface area contributed by atoms with Gasteiger partial charge in [0.15, 0.2) is 0 Å². The highest BCUT2D eigenvalue weighted by molar-refractivity contribution is 6.97. The Hall–Kier alpha value is -4.04. The number of hydrogen-bond donors (Lipinski definition) is 0. The van der Waals surface area contributed by atoms with Crippen molar-refractivity contribution >= 4 is 44.9 Å². The molecule has 0 aliphatic carbocycles. The van der Waals surface area contributed by atoms with E-state index in [2.05, 4.69) is 114 Å². The summed E-state index contributed by atoms with van der Waals surface area (Å²) < 4.78 is 2.47. The molecule has 158 valence electrons. The third-order valence-electron chi connectivity index (χ3n) is 7.96. The quantitative estimate of drug-likeness (QED) is 0.319. The van der Waals surface area contributed by atoms with Gasteiger partial charge in [-0.15, -0.1) is 0 Å². The second-order valence-corrected chi connectivity index (χ2v) is 9.73. The zero-order valence-corrected chi connectivity index (χ0v) is 18.8. The molecule has 0 saturated carbocycles. The molecule has 0 atom stereocenters. The number of nitrogens with zero attached hydrogens (tertiary/aromatic N) is 1. The van der Waals surface area contributed by atoms with E-state index in [1.807, 2.05) is 0 Å². The number of benzene rings is 5. The molecule has 1 nitrogen and oxygen atoms in total. The smallest absolute Gasteiger partial charge is 0.242 e. The van der Waals surface area contributed by atoms with Gasteiger partial charge in [0.25, 0.3) is 0 Å². The first-order valence-electron chi connectivity index (χ1n) is 12.2. The van der Waals surface area contributed by atoms with Crippen LogP contribution in [-0.2, 0) is 12.8 Å². The molecule has 6 aromatic rings. The average molecular weight is 431 g/mol. The highest BCUT2D eigenvalue weighted by atomic mass is 15.0. The molecule has 0 fully saturated rings. The molecule has 0 spiro atoms. The fourth-order valence-corrected chi connectivity index (χ4v) is 6.60.